The van der Waals surface area contributed by atoms with Gasteiger partial charge in [-0.3, -0.25) is 9.91 Å². The maximum absolute atomic E-state index is 9.17. The maximum Gasteiger partial charge on any atom is 1.00 e. The van der Waals surface area contributed by atoms with Gasteiger partial charge in [-0.15, -0.1) is 0 Å². The number of hydrogen-bond donors (Lipinski definition) is 3. The van der Waals surface area contributed by atoms with Crippen molar-refractivity contribution in [3.63, 3.8) is 0 Å². The monoisotopic (exact) mass is 211 g/mol. The van der Waals surface area contributed by atoms with Crippen LogP contribution in [-0.4, -0.2) is 65.6 Å². The summed E-state index contributed by atoms with van der Waals surface area (Å²) in [6.45, 7) is 3.34. The minimum absolute atomic E-state index is 0. The molecular formula is C7H16N4NaO2+. The molecule has 14 heavy (non-hydrogen) atoms. The molecule has 0 aromatic rings. The third kappa shape index (κ3) is 4.68. The molecule has 1 unspecified atom stereocenters. The Morgan fingerprint density at radius 1 is 1.29 bits per heavy atom. The van der Waals surface area contributed by atoms with Crippen molar-refractivity contribution in [3.05, 3.63) is 0 Å². The van der Waals surface area contributed by atoms with E-state index >= 15 is 0 Å². The van der Waals surface area contributed by atoms with Crippen LogP contribution in [0.3, 0.4) is 0 Å². The summed E-state index contributed by atoms with van der Waals surface area (Å²) >= 11 is 0. The van der Waals surface area contributed by atoms with Gasteiger partial charge in [0.1, 0.15) is 0 Å². The maximum atomic E-state index is 9.17. The van der Waals surface area contributed by atoms with Crippen LogP contribution < -0.4 is 29.6 Å². The van der Waals surface area contributed by atoms with Gasteiger partial charge in [-0.25, -0.2) is 0 Å². The second-order valence-electron chi connectivity index (χ2n) is 3.19. The van der Waals surface area contributed by atoms with Crippen LogP contribution >= 0.6 is 0 Å². The van der Waals surface area contributed by atoms with Gasteiger partial charge in [0.2, 0.25) is 0 Å². The SMILES string of the molecule is N=NN1CCN(CC(O)CO)CC1.[Na+]. The molecule has 1 fully saturated rings. The molecule has 0 bridgehead atoms. The van der Waals surface area contributed by atoms with E-state index in [-0.39, 0.29) is 36.2 Å². The summed E-state index contributed by atoms with van der Waals surface area (Å²) in [7, 11) is 0. The molecule has 1 rings (SSSR count). The van der Waals surface area contributed by atoms with E-state index in [1.165, 1.54) is 0 Å². The van der Waals surface area contributed by atoms with Crippen LogP contribution in [0.25, 0.3) is 0 Å². The van der Waals surface area contributed by atoms with E-state index in [1.54, 1.807) is 5.01 Å². The van der Waals surface area contributed by atoms with Gasteiger partial charge in [-0.2, -0.15) is 5.53 Å². The molecule has 0 aromatic carbocycles. The molecule has 1 saturated heterocycles. The van der Waals surface area contributed by atoms with Crippen LogP contribution in [0.1, 0.15) is 0 Å². The van der Waals surface area contributed by atoms with Gasteiger partial charge >= 0.3 is 29.6 Å². The second-order valence-corrected chi connectivity index (χ2v) is 3.19. The van der Waals surface area contributed by atoms with Crippen LogP contribution in [-0.2, 0) is 0 Å². The molecule has 0 saturated carbocycles. The molecule has 0 radical (unpaired) electrons. The first kappa shape index (κ1) is 14.3. The Morgan fingerprint density at radius 3 is 2.29 bits per heavy atom. The van der Waals surface area contributed by atoms with Crippen LogP contribution in [0.2, 0.25) is 0 Å². The zero-order valence-corrected chi connectivity index (χ0v) is 10.6. The Kier molecular flexibility index (Phi) is 7.71. The molecular weight excluding hydrogens is 195 g/mol. The second kappa shape index (κ2) is 7.56. The first-order valence-electron chi connectivity index (χ1n) is 4.40. The van der Waals surface area contributed by atoms with Gasteiger partial charge in [-0.05, 0) is 0 Å². The van der Waals surface area contributed by atoms with Crippen LogP contribution in [0.5, 0.6) is 0 Å². The minimum atomic E-state index is -0.653. The summed E-state index contributed by atoms with van der Waals surface area (Å²) in [5, 5.41) is 22.8. The number of nitrogens with zero attached hydrogens (tertiary/aromatic N) is 3. The minimum Gasteiger partial charge on any atom is -0.394 e. The smallest absolute Gasteiger partial charge is 0.394 e. The third-order valence-electron chi connectivity index (χ3n) is 2.17. The van der Waals surface area contributed by atoms with Crippen molar-refractivity contribution in [3.8, 4) is 0 Å². The Bertz CT molecular complexity index is 164. The quantitative estimate of drug-likeness (QED) is 0.326. The zero-order chi connectivity index (χ0) is 9.68. The summed E-state index contributed by atoms with van der Waals surface area (Å²) < 4.78 is 0. The number of aliphatic hydroxyl groups excluding tert-OH is 2. The van der Waals surface area contributed by atoms with E-state index in [0.717, 1.165) is 26.2 Å². The van der Waals surface area contributed by atoms with Crippen LogP contribution in [0, 0.1) is 5.53 Å². The number of β-amino-alcohol motifs (C(OH)–C–C–N with tert-alkyl or cyclic N) is 1. The fraction of sp³-hybridized carbons (Fsp3) is 1.00. The normalized spacial score (nSPS) is 20.0. The largest absolute Gasteiger partial charge is 1.00 e. The summed E-state index contributed by atoms with van der Waals surface area (Å²) in [6, 6.07) is 0. The van der Waals surface area contributed by atoms with Crippen LogP contribution in [0.4, 0.5) is 0 Å². The summed E-state index contributed by atoms with van der Waals surface area (Å²) in [4.78, 5) is 2.06. The van der Waals surface area contributed by atoms with Crippen molar-refractivity contribution < 1.29 is 39.8 Å². The molecule has 6 nitrogen and oxygen atoms in total. The van der Waals surface area contributed by atoms with Gasteiger partial charge in [0.25, 0.3) is 0 Å². The van der Waals surface area contributed by atoms with Gasteiger partial charge in [0.05, 0.1) is 25.8 Å². The van der Waals surface area contributed by atoms with Crippen molar-refractivity contribution in [1.29, 1.82) is 5.53 Å². The van der Waals surface area contributed by atoms with Gasteiger partial charge < -0.3 is 10.2 Å². The van der Waals surface area contributed by atoms with E-state index in [9.17, 15) is 0 Å². The van der Waals surface area contributed by atoms with Gasteiger partial charge in [0, 0.05) is 19.6 Å². The van der Waals surface area contributed by atoms with Crippen molar-refractivity contribution in [2.45, 2.75) is 6.10 Å². The molecule has 1 heterocycles. The average Bonchev–Trinajstić information content (AvgIpc) is 2.19. The Balaban J connectivity index is 0.00000169. The molecule has 0 spiro atoms. The predicted octanol–water partition coefficient (Wildman–Crippen LogP) is -4.09. The predicted molar refractivity (Wildman–Crippen MR) is 46.3 cm³/mol. The van der Waals surface area contributed by atoms with E-state index in [4.69, 9.17) is 15.7 Å². The molecule has 0 aromatic heterocycles. The first-order chi connectivity index (χ1) is 6.26. The number of aliphatic hydroxyl groups is 2. The standard InChI is InChI=1S/C7H16N4O2.Na/c8-9-11-3-1-10(2-4-11)5-7(13)6-12;/h7-8,12-13H,1-6H2;/q;+1. The third-order valence-corrected chi connectivity index (χ3v) is 2.17. The van der Waals surface area contributed by atoms with Crippen molar-refractivity contribution in [2.75, 3.05) is 39.3 Å². The summed E-state index contributed by atoms with van der Waals surface area (Å²) in [5.74, 6) is 0. The fourth-order valence-corrected chi connectivity index (χ4v) is 1.38. The molecule has 7 heteroatoms. The van der Waals surface area contributed by atoms with Crippen molar-refractivity contribution >= 4 is 0 Å². The van der Waals surface area contributed by atoms with Crippen molar-refractivity contribution in [1.82, 2.24) is 9.91 Å². The van der Waals surface area contributed by atoms with E-state index in [0.29, 0.717) is 6.54 Å². The average molecular weight is 211 g/mol. The number of rotatable bonds is 4. The molecule has 1 aliphatic heterocycles. The number of hydrogen-bond acceptors (Lipinski definition) is 5. The molecule has 0 amide bonds. The van der Waals surface area contributed by atoms with Gasteiger partial charge in [0.15, 0.2) is 0 Å². The number of piperazine rings is 1. The number of nitrogens with one attached hydrogen (secondary N) is 1. The molecule has 0 aliphatic carbocycles. The van der Waals surface area contributed by atoms with E-state index in [2.05, 4.69) is 10.1 Å². The Labute approximate surface area is 106 Å². The molecule has 1 aliphatic rings. The molecule has 1 atom stereocenters. The summed E-state index contributed by atoms with van der Waals surface area (Å²) in [6.07, 6.45) is -0.653. The Morgan fingerprint density at radius 2 is 1.86 bits per heavy atom. The first-order valence-corrected chi connectivity index (χ1v) is 4.40. The molecule has 76 valence electrons. The fourth-order valence-electron chi connectivity index (χ4n) is 1.38. The van der Waals surface area contributed by atoms with E-state index in [1.807, 2.05) is 0 Å². The van der Waals surface area contributed by atoms with Gasteiger partial charge in [-0.1, -0.05) is 5.22 Å². The van der Waals surface area contributed by atoms with Crippen LogP contribution in [0.15, 0.2) is 5.22 Å². The zero-order valence-electron chi connectivity index (χ0n) is 8.56. The van der Waals surface area contributed by atoms with E-state index < -0.39 is 6.10 Å². The summed E-state index contributed by atoms with van der Waals surface area (Å²) in [5.41, 5.74) is 6.78. The Hall–Kier alpha value is 0.280. The van der Waals surface area contributed by atoms with Crippen molar-refractivity contribution in [2.24, 2.45) is 5.22 Å². The topological polar surface area (TPSA) is 83.2 Å². The molecule has 3 N–H and O–H groups in total.